The summed E-state index contributed by atoms with van der Waals surface area (Å²) in [5, 5.41) is 2.11. The number of rotatable bonds is 2. The predicted octanol–water partition coefficient (Wildman–Crippen LogP) is 4.04. The molecular formula is C11H8I2O2S. The van der Waals surface area contributed by atoms with Crippen LogP contribution in [0.25, 0.3) is 10.8 Å². The Bertz CT molecular complexity index is 549. The summed E-state index contributed by atoms with van der Waals surface area (Å²) in [6.07, 6.45) is 0. The molecule has 1 N–H and O–H groups in total. The van der Waals surface area contributed by atoms with Gasteiger partial charge in [-0.1, -0.05) is 42.5 Å². The summed E-state index contributed by atoms with van der Waals surface area (Å²) in [4.78, 5) is 0. The monoisotopic (exact) mass is 458 g/mol. The second-order valence-electron chi connectivity index (χ2n) is 3.29. The Morgan fingerprint density at radius 2 is 1.69 bits per heavy atom. The van der Waals surface area contributed by atoms with E-state index in [1.807, 2.05) is 87.6 Å². The van der Waals surface area contributed by atoms with Crippen LogP contribution >= 0.6 is 45.2 Å². The first-order valence-electron chi connectivity index (χ1n) is 4.50. The summed E-state index contributed by atoms with van der Waals surface area (Å²) >= 11 is 2.12. The Hall–Kier alpha value is 0.270. The third-order valence-corrected chi connectivity index (χ3v) is 6.40. The van der Waals surface area contributed by atoms with Crippen LogP contribution in [0.5, 0.6) is 0 Å². The molecule has 2 aromatic carbocycles. The van der Waals surface area contributed by atoms with E-state index in [9.17, 15) is 8.76 Å². The third kappa shape index (κ3) is 2.27. The van der Waals surface area contributed by atoms with Gasteiger partial charge in [0.1, 0.15) is 0 Å². The van der Waals surface area contributed by atoms with Gasteiger partial charge in [0.25, 0.3) is 0 Å². The molecule has 2 aromatic rings. The van der Waals surface area contributed by atoms with Crippen LogP contribution in [0.15, 0.2) is 42.5 Å². The smallest absolute Gasteiger partial charge is 0.198 e. The first-order chi connectivity index (χ1) is 7.53. The van der Waals surface area contributed by atoms with Crippen LogP contribution in [0, 0.1) is 0 Å². The van der Waals surface area contributed by atoms with Crippen LogP contribution in [0.4, 0.5) is 0 Å². The van der Waals surface area contributed by atoms with Crippen molar-refractivity contribution in [1.82, 2.24) is 0 Å². The fraction of sp³-hybridized carbons (Fsp3) is 0.0909. The van der Waals surface area contributed by atoms with Gasteiger partial charge in [-0.3, -0.25) is 0 Å². The van der Waals surface area contributed by atoms with Crippen molar-refractivity contribution in [2.45, 2.75) is 0.760 Å². The van der Waals surface area contributed by atoms with Crippen molar-refractivity contribution in [3.63, 3.8) is 0 Å². The van der Waals surface area contributed by atoms with Gasteiger partial charge in [0.2, 0.25) is 0 Å². The topological polar surface area (TPSA) is 37.3 Å². The molecule has 84 valence electrons. The fourth-order valence-electron chi connectivity index (χ4n) is 1.57. The molecule has 0 heterocycles. The van der Waals surface area contributed by atoms with E-state index in [2.05, 4.69) is 0 Å². The van der Waals surface area contributed by atoms with Crippen LogP contribution in [0.1, 0.15) is 5.56 Å². The van der Waals surface area contributed by atoms with Gasteiger partial charge >= 0.3 is 0 Å². The van der Waals surface area contributed by atoms with Crippen LogP contribution in [-0.2, 0) is 11.8 Å². The molecule has 0 saturated carbocycles. The Morgan fingerprint density at radius 3 is 2.38 bits per heavy atom. The molecule has 0 aromatic heterocycles. The maximum absolute atomic E-state index is 11.4. The van der Waals surface area contributed by atoms with E-state index in [1.165, 1.54) is 0 Å². The van der Waals surface area contributed by atoms with E-state index in [0.717, 1.165) is 16.3 Å². The molecule has 0 spiro atoms. The van der Waals surface area contributed by atoms with Crippen molar-refractivity contribution in [3.05, 3.63) is 48.0 Å². The predicted molar refractivity (Wildman–Crippen MR) is 84.4 cm³/mol. The lowest BCUT2D eigenvalue weighted by Gasteiger charge is -2.18. The van der Waals surface area contributed by atoms with Gasteiger partial charge in [-0.25, -0.2) is 4.21 Å². The lowest BCUT2D eigenvalue weighted by Crippen LogP contribution is -2.15. The summed E-state index contributed by atoms with van der Waals surface area (Å²) in [7, 11) is 0. The molecule has 1 atom stereocenters. The second-order valence-corrected chi connectivity index (χ2v) is 11.2. The Kier molecular flexibility index (Phi) is 3.87. The van der Waals surface area contributed by atoms with Gasteiger partial charge in [-0.05, 0) is 56.0 Å². The average molecular weight is 458 g/mol. The molecule has 16 heavy (non-hydrogen) atoms. The molecule has 0 aliphatic heterocycles. The van der Waals surface area contributed by atoms with Crippen molar-refractivity contribution in [2.75, 3.05) is 0 Å². The first-order valence-corrected chi connectivity index (χ1v) is 7.77. The van der Waals surface area contributed by atoms with Gasteiger partial charge in [0.15, 0.2) is 11.8 Å². The summed E-state index contributed by atoms with van der Waals surface area (Å²) in [6, 6.07) is 13.7. The van der Waals surface area contributed by atoms with Crippen LogP contribution < -0.4 is 0 Å². The molecule has 0 bridgehead atoms. The number of hydrogen-bond donors (Lipinski definition) is 1. The molecule has 0 saturated heterocycles. The largest absolute Gasteiger partial charge is 0.304 e. The molecule has 0 radical (unpaired) electrons. The Labute approximate surface area is 123 Å². The van der Waals surface area contributed by atoms with Crippen molar-refractivity contribution in [1.29, 1.82) is 0 Å². The zero-order valence-corrected chi connectivity index (χ0v) is 13.2. The van der Waals surface area contributed by atoms with Crippen LogP contribution in [-0.4, -0.2) is 8.76 Å². The number of halogens is 2. The normalized spacial score (nSPS) is 13.9. The molecule has 5 heteroatoms. The van der Waals surface area contributed by atoms with Gasteiger partial charge < -0.3 is 4.55 Å². The number of benzene rings is 2. The molecule has 0 amide bonds. The van der Waals surface area contributed by atoms with Gasteiger partial charge in [0, 0.05) is 5.56 Å². The van der Waals surface area contributed by atoms with Crippen LogP contribution in [0.2, 0.25) is 0 Å². The van der Waals surface area contributed by atoms with E-state index in [4.69, 9.17) is 0 Å². The molecule has 0 aliphatic rings. The van der Waals surface area contributed by atoms with E-state index in [-0.39, 0.29) is 0 Å². The minimum absolute atomic E-state index is 0.809. The fourth-order valence-corrected chi connectivity index (χ4v) is 2.88. The quantitative estimate of drug-likeness (QED) is 0.420. The Morgan fingerprint density at radius 1 is 1.06 bits per heavy atom. The maximum atomic E-state index is 11.4. The highest BCUT2D eigenvalue weighted by Gasteiger charge is 2.33. The summed E-state index contributed by atoms with van der Waals surface area (Å²) < 4.78 is 19.9. The van der Waals surface area contributed by atoms with E-state index in [1.54, 1.807) is 0 Å². The average Bonchev–Trinajstić information content (AvgIpc) is 2.28. The van der Waals surface area contributed by atoms with E-state index in [0.29, 0.717) is 0 Å². The van der Waals surface area contributed by atoms with Gasteiger partial charge in [0.05, 0.1) is 0 Å². The number of alkyl halides is 2. The zero-order chi connectivity index (χ0) is 11.8. The zero-order valence-electron chi connectivity index (χ0n) is 8.06. The van der Waals surface area contributed by atoms with Crippen LogP contribution in [0.3, 0.4) is 0 Å². The highest BCUT2D eigenvalue weighted by Crippen LogP contribution is 2.44. The van der Waals surface area contributed by atoms with Gasteiger partial charge in [-0.15, -0.1) is 0 Å². The van der Waals surface area contributed by atoms with E-state index < -0.39 is 11.8 Å². The maximum Gasteiger partial charge on any atom is 0.198 e. The SMILES string of the molecule is O=S(O)C(I)(I)c1cccc2ccccc12. The van der Waals surface area contributed by atoms with Crippen molar-refractivity contribution in [3.8, 4) is 0 Å². The number of hydrogen-bond acceptors (Lipinski definition) is 1. The first kappa shape index (κ1) is 12.7. The minimum atomic E-state index is -1.91. The van der Waals surface area contributed by atoms with Crippen molar-refractivity contribution < 1.29 is 8.76 Å². The second kappa shape index (κ2) is 4.87. The molecule has 0 fully saturated rings. The molecule has 2 nitrogen and oxygen atoms in total. The highest BCUT2D eigenvalue weighted by molar-refractivity contribution is 14.2. The minimum Gasteiger partial charge on any atom is -0.304 e. The summed E-state index contributed by atoms with van der Waals surface area (Å²) in [5.41, 5.74) is 0.882. The third-order valence-electron chi connectivity index (χ3n) is 2.32. The van der Waals surface area contributed by atoms with Crippen molar-refractivity contribution >= 4 is 67.0 Å². The summed E-state index contributed by atoms with van der Waals surface area (Å²) in [6.45, 7) is 0. The lowest BCUT2D eigenvalue weighted by molar-refractivity contribution is 0.562. The lowest BCUT2D eigenvalue weighted by atomic mass is 10.1. The van der Waals surface area contributed by atoms with Crippen molar-refractivity contribution in [2.24, 2.45) is 0 Å². The molecule has 1 unspecified atom stereocenters. The van der Waals surface area contributed by atoms with Gasteiger partial charge in [-0.2, -0.15) is 0 Å². The molecular weight excluding hydrogens is 450 g/mol. The standard InChI is InChI=1S/C11H8I2O2S/c12-11(13,16(14)15)10-7-3-5-8-4-1-2-6-9(8)10/h1-7H,(H,14,15). The molecule has 0 aliphatic carbocycles. The number of fused-ring (bicyclic) bond motifs is 1. The van der Waals surface area contributed by atoms with E-state index >= 15 is 0 Å². The molecule has 2 rings (SSSR count). The highest BCUT2D eigenvalue weighted by atomic mass is 127. The Balaban J connectivity index is 2.74. The summed E-state index contributed by atoms with van der Waals surface area (Å²) in [5.74, 6) is 0.